The van der Waals surface area contributed by atoms with E-state index in [-0.39, 0.29) is 24.2 Å². The second kappa shape index (κ2) is 7.56. The van der Waals surface area contributed by atoms with Crippen molar-refractivity contribution in [2.24, 2.45) is 11.8 Å². The van der Waals surface area contributed by atoms with Crippen molar-refractivity contribution in [2.45, 2.75) is 45.4 Å². The summed E-state index contributed by atoms with van der Waals surface area (Å²) in [6, 6.07) is 0. The topological polar surface area (TPSA) is 54.0 Å². The van der Waals surface area contributed by atoms with E-state index in [1.807, 2.05) is 0 Å². The number of halogens is 1. The van der Waals surface area contributed by atoms with E-state index in [0.717, 1.165) is 43.4 Å². The van der Waals surface area contributed by atoms with Gasteiger partial charge in [0.25, 0.3) is 0 Å². The average Bonchev–Trinajstić information content (AvgIpc) is 3.06. The number of nitrogens with one attached hydrogen (secondary N) is 2. The summed E-state index contributed by atoms with van der Waals surface area (Å²) in [4.78, 5) is 18.1. The first kappa shape index (κ1) is 16.7. The highest BCUT2D eigenvalue weighted by Gasteiger charge is 2.25. The van der Waals surface area contributed by atoms with Gasteiger partial charge in [-0.1, -0.05) is 19.8 Å². The molecule has 0 aromatic carbocycles. The van der Waals surface area contributed by atoms with Crippen LogP contribution < -0.4 is 10.6 Å². The number of aryl methyl sites for hydroxylation is 1. The molecule has 0 spiro atoms. The highest BCUT2D eigenvalue weighted by molar-refractivity contribution is 7.15. The molecular formula is C15H24ClN3OS. The third-order valence-corrected chi connectivity index (χ3v) is 5.44. The molecule has 1 saturated heterocycles. The number of fused-ring (bicyclic) bond motifs is 1. The smallest absolute Gasteiger partial charge is 0.230 e. The maximum absolute atomic E-state index is 12.1. The van der Waals surface area contributed by atoms with Crippen LogP contribution in [0.1, 0.15) is 43.2 Å². The van der Waals surface area contributed by atoms with Crippen molar-refractivity contribution < 1.29 is 4.79 Å². The third-order valence-electron chi connectivity index (χ3n) is 4.40. The fourth-order valence-corrected chi connectivity index (χ4v) is 4.36. The van der Waals surface area contributed by atoms with Crippen molar-refractivity contribution >= 4 is 34.8 Å². The van der Waals surface area contributed by atoms with Gasteiger partial charge in [0.15, 0.2) is 5.13 Å². The lowest BCUT2D eigenvalue weighted by Crippen LogP contribution is -2.24. The maximum Gasteiger partial charge on any atom is 0.230 e. The summed E-state index contributed by atoms with van der Waals surface area (Å²) < 4.78 is 0. The first-order valence-corrected chi connectivity index (χ1v) is 8.58. The molecule has 2 aliphatic rings. The Hall–Kier alpha value is -0.650. The fourth-order valence-electron chi connectivity index (χ4n) is 3.24. The summed E-state index contributed by atoms with van der Waals surface area (Å²) in [6.45, 7) is 4.00. The van der Waals surface area contributed by atoms with Crippen molar-refractivity contribution in [1.82, 2.24) is 10.3 Å². The Bertz CT molecular complexity index is 485. The van der Waals surface area contributed by atoms with E-state index in [9.17, 15) is 4.79 Å². The van der Waals surface area contributed by atoms with Crippen LogP contribution in [0.3, 0.4) is 0 Å². The number of nitrogens with zero attached hydrogens (tertiary/aromatic N) is 1. The van der Waals surface area contributed by atoms with Crippen LogP contribution in [0.5, 0.6) is 0 Å². The van der Waals surface area contributed by atoms with Gasteiger partial charge in [-0.05, 0) is 38.1 Å². The first-order chi connectivity index (χ1) is 9.76. The van der Waals surface area contributed by atoms with E-state index in [1.54, 1.807) is 11.3 Å². The molecule has 0 saturated carbocycles. The van der Waals surface area contributed by atoms with Gasteiger partial charge in [-0.25, -0.2) is 4.98 Å². The summed E-state index contributed by atoms with van der Waals surface area (Å²) in [7, 11) is 0. The third kappa shape index (κ3) is 3.96. The van der Waals surface area contributed by atoms with Crippen LogP contribution in [0.15, 0.2) is 0 Å². The quantitative estimate of drug-likeness (QED) is 0.892. The van der Waals surface area contributed by atoms with Gasteiger partial charge < -0.3 is 10.6 Å². The number of hydrogen-bond donors (Lipinski definition) is 2. The molecule has 1 amide bonds. The number of carbonyl (C=O) groups excluding carboxylic acids is 1. The van der Waals surface area contributed by atoms with Crippen molar-refractivity contribution in [3.63, 3.8) is 0 Å². The number of amides is 1. The number of thiazole rings is 1. The van der Waals surface area contributed by atoms with Gasteiger partial charge in [0, 0.05) is 11.4 Å². The zero-order chi connectivity index (χ0) is 13.9. The summed E-state index contributed by atoms with van der Waals surface area (Å²) in [6.07, 6.45) is 7.00. The van der Waals surface area contributed by atoms with Crippen LogP contribution in [-0.2, 0) is 17.6 Å². The average molecular weight is 330 g/mol. The summed E-state index contributed by atoms with van der Waals surface area (Å²) >= 11 is 1.69. The van der Waals surface area contributed by atoms with Crippen molar-refractivity contribution in [1.29, 1.82) is 0 Å². The number of aromatic nitrogens is 1. The monoisotopic (exact) mass is 329 g/mol. The largest absolute Gasteiger partial charge is 0.316 e. The van der Waals surface area contributed by atoms with Crippen molar-refractivity contribution in [2.75, 3.05) is 18.4 Å². The molecule has 0 bridgehead atoms. The van der Waals surface area contributed by atoms with Gasteiger partial charge in [0.2, 0.25) is 5.91 Å². The Kier molecular flexibility index (Phi) is 6.02. The van der Waals surface area contributed by atoms with Gasteiger partial charge in [0.1, 0.15) is 0 Å². The molecule has 1 aliphatic heterocycles. The fraction of sp³-hybridized carbons (Fsp3) is 0.733. The Morgan fingerprint density at radius 3 is 3.05 bits per heavy atom. The Balaban J connectivity index is 0.00000161. The summed E-state index contributed by atoms with van der Waals surface area (Å²) in [5.74, 6) is 1.06. The van der Waals surface area contributed by atoms with Crippen LogP contribution in [0.25, 0.3) is 0 Å². The van der Waals surface area contributed by atoms with Crippen molar-refractivity contribution in [3.8, 4) is 0 Å². The predicted octanol–water partition coefficient (Wildman–Crippen LogP) is 3.02. The molecule has 1 aliphatic carbocycles. The minimum Gasteiger partial charge on any atom is -0.316 e. The normalized spacial score (nSPS) is 24.2. The van der Waals surface area contributed by atoms with E-state index in [2.05, 4.69) is 22.5 Å². The van der Waals surface area contributed by atoms with E-state index < -0.39 is 0 Å². The molecule has 2 unspecified atom stereocenters. The molecule has 118 valence electrons. The second-order valence-electron chi connectivity index (χ2n) is 5.97. The SMILES string of the molecule is CCCC1CCc2nc(NC(=O)C3CCNC3)sc2C1.Cl. The molecule has 3 rings (SSSR count). The zero-order valence-corrected chi connectivity index (χ0v) is 14.1. The standard InChI is InChI=1S/C15H23N3OS.ClH/c1-2-3-10-4-5-12-13(8-10)20-15(17-12)18-14(19)11-6-7-16-9-11;/h10-11,16H,2-9H2,1H3,(H,17,18,19);1H. The molecule has 2 heterocycles. The number of rotatable bonds is 4. The Morgan fingerprint density at radius 2 is 2.33 bits per heavy atom. The zero-order valence-electron chi connectivity index (χ0n) is 12.5. The minimum absolute atomic E-state index is 0. The van der Waals surface area contributed by atoms with E-state index in [0.29, 0.717) is 0 Å². The lowest BCUT2D eigenvalue weighted by atomic mass is 9.88. The van der Waals surface area contributed by atoms with E-state index in [1.165, 1.54) is 29.8 Å². The van der Waals surface area contributed by atoms with Crippen LogP contribution in [0.2, 0.25) is 0 Å². The van der Waals surface area contributed by atoms with Crippen LogP contribution >= 0.6 is 23.7 Å². The van der Waals surface area contributed by atoms with Crippen LogP contribution in [0, 0.1) is 11.8 Å². The molecule has 21 heavy (non-hydrogen) atoms. The minimum atomic E-state index is 0. The molecule has 2 atom stereocenters. The highest BCUT2D eigenvalue weighted by atomic mass is 35.5. The lowest BCUT2D eigenvalue weighted by molar-refractivity contribution is -0.119. The van der Waals surface area contributed by atoms with Gasteiger partial charge >= 0.3 is 0 Å². The molecule has 1 aromatic heterocycles. The molecule has 1 fully saturated rings. The van der Waals surface area contributed by atoms with Gasteiger partial charge in [0.05, 0.1) is 11.6 Å². The molecule has 4 nitrogen and oxygen atoms in total. The predicted molar refractivity (Wildman–Crippen MR) is 89.4 cm³/mol. The second-order valence-corrected chi connectivity index (χ2v) is 7.05. The molecular weight excluding hydrogens is 306 g/mol. The van der Waals surface area contributed by atoms with Crippen molar-refractivity contribution in [3.05, 3.63) is 10.6 Å². The highest BCUT2D eigenvalue weighted by Crippen LogP contribution is 2.34. The number of hydrogen-bond acceptors (Lipinski definition) is 4. The first-order valence-electron chi connectivity index (χ1n) is 7.76. The maximum atomic E-state index is 12.1. The lowest BCUT2D eigenvalue weighted by Gasteiger charge is -2.19. The van der Waals surface area contributed by atoms with E-state index in [4.69, 9.17) is 0 Å². The molecule has 0 radical (unpaired) electrons. The Labute approximate surface area is 136 Å². The van der Waals surface area contributed by atoms with Gasteiger partial charge in [-0.2, -0.15) is 0 Å². The van der Waals surface area contributed by atoms with E-state index >= 15 is 0 Å². The molecule has 6 heteroatoms. The Morgan fingerprint density at radius 1 is 1.48 bits per heavy atom. The number of anilines is 1. The molecule has 1 aromatic rings. The molecule has 2 N–H and O–H groups in total. The van der Waals surface area contributed by atoms with Gasteiger partial charge in [-0.15, -0.1) is 23.7 Å². The summed E-state index contributed by atoms with van der Waals surface area (Å²) in [5.41, 5.74) is 1.22. The summed E-state index contributed by atoms with van der Waals surface area (Å²) in [5, 5.41) is 7.06. The number of carbonyl (C=O) groups is 1. The van der Waals surface area contributed by atoms with Gasteiger partial charge in [-0.3, -0.25) is 4.79 Å². The van der Waals surface area contributed by atoms with Crippen LogP contribution in [-0.4, -0.2) is 24.0 Å². The van der Waals surface area contributed by atoms with Crippen LogP contribution in [0.4, 0.5) is 5.13 Å².